The first-order chi connectivity index (χ1) is 31.0. The van der Waals surface area contributed by atoms with E-state index in [-0.39, 0.29) is 5.41 Å². The quantitative estimate of drug-likeness (QED) is 0.157. The lowest BCUT2D eigenvalue weighted by Crippen LogP contribution is -2.16. The van der Waals surface area contributed by atoms with Gasteiger partial charge >= 0.3 is 0 Å². The first-order valence-electron chi connectivity index (χ1n) is 21.7. The molecule has 0 bridgehead atoms. The molecule has 0 atom stereocenters. The van der Waals surface area contributed by atoms with Crippen molar-refractivity contribution >= 4 is 77.6 Å². The summed E-state index contributed by atoms with van der Waals surface area (Å²) in [6.45, 7) is 4.69. The number of furan rings is 1. The number of benzene rings is 10. The molecule has 0 saturated carbocycles. The summed E-state index contributed by atoms with van der Waals surface area (Å²) in [7, 11) is 0. The molecule has 11 aromatic rings. The summed E-state index contributed by atoms with van der Waals surface area (Å²) in [6, 6.07) is 74.0. The summed E-state index contributed by atoms with van der Waals surface area (Å²) >= 11 is 0. The summed E-state index contributed by atoms with van der Waals surface area (Å²) in [5.74, 6) is 1.67. The van der Waals surface area contributed by atoms with E-state index in [9.17, 15) is 0 Å². The molecule has 0 N–H and O–H groups in total. The molecular formula is C59H40N2O2. The van der Waals surface area contributed by atoms with E-state index in [1.165, 1.54) is 38.6 Å². The molecule has 0 spiro atoms. The second-order valence-corrected chi connectivity index (χ2v) is 17.3. The summed E-state index contributed by atoms with van der Waals surface area (Å²) in [5.41, 5.74) is 15.5. The van der Waals surface area contributed by atoms with Crippen LogP contribution in [-0.4, -0.2) is 0 Å². The highest BCUT2D eigenvalue weighted by molar-refractivity contribution is 6.18. The fraction of sp³-hybridized carbons (Fsp3) is 0.0508. The van der Waals surface area contributed by atoms with Gasteiger partial charge < -0.3 is 19.0 Å². The van der Waals surface area contributed by atoms with Crippen LogP contribution in [0.15, 0.2) is 211 Å². The van der Waals surface area contributed by atoms with Gasteiger partial charge in [-0.15, -0.1) is 0 Å². The standard InChI is InChI=1S/C59H40N2O2/c1-59(2)51-23-11-9-19-43(51)44-31-29-41(35-52(44)59)60(38-15-5-3-6-16-38)40-28-27-37-33-50-46-32-30-42(36-56(46)62-55-26-14-21-47(57(50)55)49(37)34-40)61(39-17-7-4-8-18-39)53-24-13-22-48-45-20-10-12-25-54(45)63-58(48)53/h3-36H,1-2H3. The van der Waals surface area contributed by atoms with Gasteiger partial charge in [0.15, 0.2) is 5.58 Å². The molecule has 2 aliphatic rings. The number of ether oxygens (including phenoxy) is 1. The highest BCUT2D eigenvalue weighted by Gasteiger charge is 2.36. The van der Waals surface area contributed by atoms with Gasteiger partial charge in [-0.1, -0.05) is 129 Å². The maximum atomic E-state index is 6.94. The maximum Gasteiger partial charge on any atom is 0.159 e. The van der Waals surface area contributed by atoms with Crippen LogP contribution >= 0.6 is 0 Å². The SMILES string of the molecule is CC1(C)c2ccccc2-c2ccc(N(c3ccccc3)c3ccc4cc5c6c(cccc6c4c3)Oc3cc(N(c4ccccc4)c4cccc6c4oc4ccccc46)ccc3-5)cc21. The number of hydrogen-bond acceptors (Lipinski definition) is 4. The lowest BCUT2D eigenvalue weighted by molar-refractivity contribution is 0.487. The van der Waals surface area contributed by atoms with Gasteiger partial charge in [0.2, 0.25) is 0 Å². The minimum atomic E-state index is -0.107. The number of fused-ring (bicyclic) bond motifs is 10. The Morgan fingerprint density at radius 2 is 1.02 bits per heavy atom. The fourth-order valence-electron chi connectivity index (χ4n) is 10.4. The normalized spacial score (nSPS) is 13.2. The number of hydrogen-bond donors (Lipinski definition) is 0. The highest BCUT2D eigenvalue weighted by atomic mass is 16.5. The Balaban J connectivity index is 0.944. The Morgan fingerprint density at radius 3 is 1.86 bits per heavy atom. The lowest BCUT2D eigenvalue weighted by atomic mass is 9.82. The summed E-state index contributed by atoms with van der Waals surface area (Å²) in [4.78, 5) is 4.66. The van der Waals surface area contributed by atoms with Crippen molar-refractivity contribution in [1.82, 2.24) is 0 Å². The zero-order valence-corrected chi connectivity index (χ0v) is 34.8. The summed E-state index contributed by atoms with van der Waals surface area (Å²) < 4.78 is 13.5. The van der Waals surface area contributed by atoms with Gasteiger partial charge in [-0.25, -0.2) is 0 Å². The van der Waals surface area contributed by atoms with Crippen LogP contribution in [0, 0.1) is 0 Å². The van der Waals surface area contributed by atoms with Crippen LogP contribution in [0.2, 0.25) is 0 Å². The molecule has 0 saturated heterocycles. The van der Waals surface area contributed by atoms with Crippen LogP contribution in [0.1, 0.15) is 25.0 Å². The van der Waals surface area contributed by atoms with Crippen LogP contribution in [0.25, 0.3) is 65.7 Å². The molecule has 1 aliphatic heterocycles. The second-order valence-electron chi connectivity index (χ2n) is 17.3. The van der Waals surface area contributed by atoms with E-state index in [1.807, 2.05) is 12.1 Å². The molecule has 0 fully saturated rings. The Kier molecular flexibility index (Phi) is 7.62. The van der Waals surface area contributed by atoms with E-state index < -0.39 is 0 Å². The molecule has 63 heavy (non-hydrogen) atoms. The maximum absolute atomic E-state index is 6.94. The van der Waals surface area contributed by atoms with Gasteiger partial charge in [-0.05, 0) is 129 Å². The fourth-order valence-corrected chi connectivity index (χ4v) is 10.4. The van der Waals surface area contributed by atoms with Crippen molar-refractivity contribution in [3.8, 4) is 33.8 Å². The number of para-hydroxylation sites is 4. The summed E-state index contributed by atoms with van der Waals surface area (Å²) in [5, 5.41) is 6.84. The van der Waals surface area contributed by atoms with E-state index in [2.05, 4.69) is 218 Å². The van der Waals surface area contributed by atoms with Gasteiger partial charge in [0.1, 0.15) is 17.1 Å². The van der Waals surface area contributed by atoms with Gasteiger partial charge in [0, 0.05) is 56.0 Å². The average molecular weight is 809 g/mol. The van der Waals surface area contributed by atoms with Crippen LogP contribution in [0.5, 0.6) is 11.5 Å². The molecule has 10 aromatic carbocycles. The van der Waals surface area contributed by atoms with Gasteiger partial charge in [0.25, 0.3) is 0 Å². The van der Waals surface area contributed by atoms with E-state index >= 15 is 0 Å². The zero-order valence-electron chi connectivity index (χ0n) is 34.8. The highest BCUT2D eigenvalue weighted by Crippen LogP contribution is 2.53. The zero-order chi connectivity index (χ0) is 41.8. The molecular weight excluding hydrogens is 769 g/mol. The Labute approximate surface area is 365 Å². The molecule has 298 valence electrons. The van der Waals surface area contributed by atoms with Crippen LogP contribution in [0.4, 0.5) is 34.1 Å². The third-order valence-corrected chi connectivity index (χ3v) is 13.4. The molecule has 4 heteroatoms. The third-order valence-electron chi connectivity index (χ3n) is 13.4. The number of rotatable bonds is 6. The van der Waals surface area contributed by atoms with Crippen molar-refractivity contribution in [2.75, 3.05) is 9.80 Å². The molecule has 0 radical (unpaired) electrons. The summed E-state index contributed by atoms with van der Waals surface area (Å²) in [6.07, 6.45) is 0. The first kappa shape index (κ1) is 35.7. The molecule has 13 rings (SSSR count). The Bertz CT molecular complexity index is 3640. The van der Waals surface area contributed by atoms with Gasteiger partial charge in [-0.2, -0.15) is 0 Å². The smallest absolute Gasteiger partial charge is 0.159 e. The molecule has 2 heterocycles. The van der Waals surface area contributed by atoms with Crippen LogP contribution in [0.3, 0.4) is 0 Å². The largest absolute Gasteiger partial charge is 0.456 e. The lowest BCUT2D eigenvalue weighted by Gasteiger charge is -2.29. The molecule has 4 nitrogen and oxygen atoms in total. The Hall–Kier alpha value is -8.08. The van der Waals surface area contributed by atoms with E-state index in [1.54, 1.807) is 0 Å². The van der Waals surface area contributed by atoms with Crippen molar-refractivity contribution in [1.29, 1.82) is 0 Å². The van der Waals surface area contributed by atoms with Crippen molar-refractivity contribution in [3.05, 3.63) is 217 Å². The topological polar surface area (TPSA) is 28.9 Å². The van der Waals surface area contributed by atoms with Gasteiger partial charge in [0.05, 0.1) is 11.4 Å². The number of nitrogens with zero attached hydrogens (tertiary/aromatic N) is 2. The first-order valence-corrected chi connectivity index (χ1v) is 21.7. The molecule has 0 unspecified atom stereocenters. The molecule has 1 aromatic heterocycles. The van der Waals surface area contributed by atoms with E-state index in [0.717, 1.165) is 83.9 Å². The van der Waals surface area contributed by atoms with Crippen LogP contribution in [-0.2, 0) is 5.41 Å². The van der Waals surface area contributed by atoms with Crippen molar-refractivity contribution in [2.45, 2.75) is 19.3 Å². The minimum absolute atomic E-state index is 0.107. The van der Waals surface area contributed by atoms with Crippen molar-refractivity contribution < 1.29 is 9.15 Å². The van der Waals surface area contributed by atoms with E-state index in [0.29, 0.717) is 0 Å². The molecule has 1 aliphatic carbocycles. The predicted octanol–water partition coefficient (Wildman–Crippen LogP) is 16.9. The minimum Gasteiger partial charge on any atom is -0.456 e. The second kappa shape index (κ2) is 13.5. The third kappa shape index (κ3) is 5.34. The predicted molar refractivity (Wildman–Crippen MR) is 261 cm³/mol. The Morgan fingerprint density at radius 1 is 0.381 bits per heavy atom. The number of anilines is 6. The average Bonchev–Trinajstić information content (AvgIpc) is 3.82. The van der Waals surface area contributed by atoms with Crippen molar-refractivity contribution in [2.24, 2.45) is 0 Å². The van der Waals surface area contributed by atoms with Crippen LogP contribution < -0.4 is 14.5 Å². The molecule has 0 amide bonds. The van der Waals surface area contributed by atoms with Gasteiger partial charge in [-0.3, -0.25) is 0 Å². The van der Waals surface area contributed by atoms with Crippen molar-refractivity contribution in [3.63, 3.8) is 0 Å². The monoisotopic (exact) mass is 808 g/mol. The van der Waals surface area contributed by atoms with E-state index in [4.69, 9.17) is 9.15 Å².